The molecule has 1 aliphatic heterocycles. The molecule has 2 rings (SSSR count). The standard InChI is InChI=1S/C10H14N2O3/c11-6-14-4-3-8-9(15-8)10(13)12-5-7-1-2-7/h7-9H,1-5H2,(H,12,13). The molecule has 0 spiro atoms. The zero-order valence-electron chi connectivity index (χ0n) is 8.44. The van der Waals surface area contributed by atoms with Crippen molar-refractivity contribution in [3.63, 3.8) is 0 Å². The Morgan fingerprint density at radius 1 is 1.60 bits per heavy atom. The molecule has 2 fully saturated rings. The number of nitriles is 1. The number of rotatable bonds is 6. The molecular weight excluding hydrogens is 196 g/mol. The highest BCUT2D eigenvalue weighted by atomic mass is 16.6. The van der Waals surface area contributed by atoms with Gasteiger partial charge in [0.25, 0.3) is 12.2 Å². The van der Waals surface area contributed by atoms with Crippen LogP contribution in [0.4, 0.5) is 0 Å². The summed E-state index contributed by atoms with van der Waals surface area (Å²) in [5.41, 5.74) is 0. The Morgan fingerprint density at radius 3 is 3.07 bits per heavy atom. The summed E-state index contributed by atoms with van der Waals surface area (Å²) in [6.45, 7) is 1.10. The van der Waals surface area contributed by atoms with E-state index >= 15 is 0 Å². The maximum Gasteiger partial charge on any atom is 0.286 e. The minimum atomic E-state index is -0.314. The van der Waals surface area contributed by atoms with Gasteiger partial charge in [0.2, 0.25) is 0 Å². The van der Waals surface area contributed by atoms with Gasteiger partial charge in [-0.25, -0.2) is 0 Å². The Bertz CT molecular complexity index is 283. The molecule has 5 heteroatoms. The van der Waals surface area contributed by atoms with Gasteiger partial charge in [-0.15, -0.1) is 0 Å². The number of carbonyl (C=O) groups excluding carboxylic acids is 1. The van der Waals surface area contributed by atoms with E-state index in [2.05, 4.69) is 10.1 Å². The lowest BCUT2D eigenvalue weighted by molar-refractivity contribution is -0.122. The Kier molecular flexibility index (Phi) is 3.07. The van der Waals surface area contributed by atoms with Gasteiger partial charge in [0.15, 0.2) is 6.10 Å². The zero-order chi connectivity index (χ0) is 10.7. The van der Waals surface area contributed by atoms with Crippen molar-refractivity contribution in [2.75, 3.05) is 13.2 Å². The number of nitrogens with zero attached hydrogens (tertiary/aromatic N) is 1. The molecule has 82 valence electrons. The van der Waals surface area contributed by atoms with Gasteiger partial charge in [0.1, 0.15) is 6.61 Å². The van der Waals surface area contributed by atoms with Gasteiger partial charge in [-0.05, 0) is 18.8 Å². The summed E-state index contributed by atoms with van der Waals surface area (Å²) in [6.07, 6.45) is 4.28. The largest absolute Gasteiger partial charge is 0.427 e. The highest BCUT2D eigenvalue weighted by molar-refractivity contribution is 5.83. The van der Waals surface area contributed by atoms with Crippen LogP contribution in [-0.4, -0.2) is 31.3 Å². The van der Waals surface area contributed by atoms with Crippen molar-refractivity contribution < 1.29 is 14.3 Å². The third kappa shape index (κ3) is 3.10. The predicted octanol–water partition coefficient (Wildman–Crippen LogP) is 0.168. The summed E-state index contributed by atoms with van der Waals surface area (Å²) in [5.74, 6) is 0.664. The number of amides is 1. The molecule has 0 aromatic heterocycles. The van der Waals surface area contributed by atoms with E-state index < -0.39 is 0 Å². The first-order chi connectivity index (χ1) is 7.31. The van der Waals surface area contributed by atoms with Crippen molar-refractivity contribution in [3.05, 3.63) is 0 Å². The average molecular weight is 210 g/mol. The molecule has 1 saturated heterocycles. The molecule has 0 aromatic carbocycles. The molecule has 2 unspecified atom stereocenters. The molecule has 1 heterocycles. The Morgan fingerprint density at radius 2 is 2.40 bits per heavy atom. The van der Waals surface area contributed by atoms with Crippen LogP contribution >= 0.6 is 0 Å². The number of carbonyl (C=O) groups is 1. The van der Waals surface area contributed by atoms with Crippen LogP contribution in [0.15, 0.2) is 0 Å². The smallest absolute Gasteiger partial charge is 0.286 e. The Labute approximate surface area is 88.3 Å². The minimum absolute atomic E-state index is 0.0242. The quantitative estimate of drug-likeness (QED) is 0.385. The van der Waals surface area contributed by atoms with Crippen LogP contribution in [0.2, 0.25) is 0 Å². The second-order valence-electron chi connectivity index (χ2n) is 4.01. The molecule has 1 saturated carbocycles. The molecule has 1 aliphatic carbocycles. The topological polar surface area (TPSA) is 74.6 Å². The number of epoxide rings is 1. The van der Waals surface area contributed by atoms with Crippen LogP contribution in [0.3, 0.4) is 0 Å². The van der Waals surface area contributed by atoms with E-state index in [0.29, 0.717) is 18.9 Å². The summed E-state index contributed by atoms with van der Waals surface area (Å²) in [7, 11) is 0. The average Bonchev–Trinajstić information content (AvgIpc) is 3.10. The third-order valence-corrected chi connectivity index (χ3v) is 2.67. The molecule has 0 aromatic rings. The summed E-state index contributed by atoms with van der Waals surface area (Å²) in [6, 6.07) is 0. The predicted molar refractivity (Wildman–Crippen MR) is 50.6 cm³/mol. The van der Waals surface area contributed by atoms with Crippen LogP contribution in [0.1, 0.15) is 19.3 Å². The second-order valence-corrected chi connectivity index (χ2v) is 4.01. The van der Waals surface area contributed by atoms with E-state index in [1.165, 1.54) is 12.8 Å². The van der Waals surface area contributed by atoms with E-state index in [9.17, 15) is 4.79 Å². The fraction of sp³-hybridized carbons (Fsp3) is 0.800. The molecule has 1 N–H and O–H groups in total. The highest BCUT2D eigenvalue weighted by Gasteiger charge is 2.44. The van der Waals surface area contributed by atoms with Crippen LogP contribution < -0.4 is 5.32 Å². The van der Waals surface area contributed by atoms with E-state index in [4.69, 9.17) is 10.00 Å². The minimum Gasteiger partial charge on any atom is -0.427 e. The molecule has 1 amide bonds. The van der Waals surface area contributed by atoms with Crippen molar-refractivity contribution >= 4 is 5.91 Å². The Hall–Kier alpha value is -1.28. The Balaban J connectivity index is 1.56. The lowest BCUT2D eigenvalue weighted by atomic mass is 10.2. The first-order valence-electron chi connectivity index (χ1n) is 5.25. The van der Waals surface area contributed by atoms with Gasteiger partial charge in [-0.1, -0.05) is 0 Å². The van der Waals surface area contributed by atoms with Crippen LogP contribution in [-0.2, 0) is 14.3 Å². The molecule has 0 bridgehead atoms. The fourth-order valence-electron chi connectivity index (χ4n) is 1.48. The molecule has 2 aliphatic rings. The lowest BCUT2D eigenvalue weighted by Gasteiger charge is -2.00. The zero-order valence-corrected chi connectivity index (χ0v) is 8.44. The summed E-state index contributed by atoms with van der Waals surface area (Å²) in [4.78, 5) is 11.4. The highest BCUT2D eigenvalue weighted by Crippen LogP contribution is 2.29. The van der Waals surface area contributed by atoms with Gasteiger partial charge in [0, 0.05) is 13.0 Å². The SMILES string of the molecule is N#COCCC1OC1C(=O)NCC1CC1. The maximum absolute atomic E-state index is 11.4. The van der Waals surface area contributed by atoms with E-state index in [1.54, 1.807) is 6.26 Å². The maximum atomic E-state index is 11.4. The summed E-state index contributed by atoms with van der Waals surface area (Å²) >= 11 is 0. The van der Waals surface area contributed by atoms with Gasteiger partial charge in [-0.3, -0.25) is 4.79 Å². The van der Waals surface area contributed by atoms with Crippen molar-refractivity contribution in [2.24, 2.45) is 5.92 Å². The summed E-state index contributed by atoms with van der Waals surface area (Å²) < 4.78 is 9.69. The normalized spacial score (nSPS) is 27.9. The number of hydrogen-bond acceptors (Lipinski definition) is 4. The number of hydrogen-bond donors (Lipinski definition) is 1. The molecule has 15 heavy (non-hydrogen) atoms. The molecule has 5 nitrogen and oxygen atoms in total. The molecule has 2 atom stereocenters. The first-order valence-corrected chi connectivity index (χ1v) is 5.25. The third-order valence-electron chi connectivity index (χ3n) is 2.67. The van der Waals surface area contributed by atoms with Crippen molar-refractivity contribution in [2.45, 2.75) is 31.5 Å². The van der Waals surface area contributed by atoms with Gasteiger partial charge >= 0.3 is 0 Å². The lowest BCUT2D eigenvalue weighted by Crippen LogP contribution is -2.30. The van der Waals surface area contributed by atoms with Crippen molar-refractivity contribution in [1.29, 1.82) is 5.26 Å². The van der Waals surface area contributed by atoms with Gasteiger partial charge in [0.05, 0.1) is 6.10 Å². The molecular formula is C10H14N2O3. The number of ether oxygens (including phenoxy) is 2. The summed E-state index contributed by atoms with van der Waals surface area (Å²) in [5, 5.41) is 11.0. The number of nitrogens with one attached hydrogen (secondary N) is 1. The monoisotopic (exact) mass is 210 g/mol. The van der Waals surface area contributed by atoms with Gasteiger partial charge < -0.3 is 14.8 Å². The first kappa shape index (κ1) is 10.2. The van der Waals surface area contributed by atoms with Crippen LogP contribution in [0.25, 0.3) is 0 Å². The van der Waals surface area contributed by atoms with E-state index in [0.717, 1.165) is 6.54 Å². The van der Waals surface area contributed by atoms with Crippen LogP contribution in [0, 0.1) is 17.4 Å². The van der Waals surface area contributed by atoms with Gasteiger partial charge in [-0.2, -0.15) is 5.26 Å². The van der Waals surface area contributed by atoms with Crippen LogP contribution in [0.5, 0.6) is 0 Å². The van der Waals surface area contributed by atoms with E-state index in [-0.39, 0.29) is 18.1 Å². The fourth-order valence-corrected chi connectivity index (χ4v) is 1.48. The van der Waals surface area contributed by atoms with Crippen molar-refractivity contribution in [3.8, 4) is 6.26 Å². The van der Waals surface area contributed by atoms with Crippen molar-refractivity contribution in [1.82, 2.24) is 5.32 Å². The second kappa shape index (κ2) is 4.49. The molecule has 0 radical (unpaired) electrons. The van der Waals surface area contributed by atoms with E-state index in [1.807, 2.05) is 0 Å².